The van der Waals surface area contributed by atoms with Crippen molar-refractivity contribution in [1.29, 1.82) is 0 Å². The number of aliphatic hydroxyl groups is 3. The van der Waals surface area contributed by atoms with E-state index in [1.54, 1.807) is 0 Å². The minimum absolute atomic E-state index is 0.0434. The number of aromatic hydroxyl groups is 5. The number of hydrogen-bond acceptors (Lipinski definition) is 12. The summed E-state index contributed by atoms with van der Waals surface area (Å²) in [6, 6.07) is 3.72. The first-order valence-corrected chi connectivity index (χ1v) is 9.19. The first-order chi connectivity index (χ1) is 15.1. The van der Waals surface area contributed by atoms with Crippen molar-refractivity contribution in [1.82, 2.24) is 0 Å². The first-order valence-electron chi connectivity index (χ1n) is 9.19. The third kappa shape index (κ3) is 3.50. The van der Waals surface area contributed by atoms with Crippen LogP contribution in [0.5, 0.6) is 34.5 Å². The van der Waals surface area contributed by atoms with Crippen LogP contribution in [0.2, 0.25) is 0 Å². The molecule has 1 fully saturated rings. The minimum atomic E-state index is -1.73. The summed E-state index contributed by atoms with van der Waals surface area (Å²) >= 11 is 0. The Kier molecular flexibility index (Phi) is 5.22. The van der Waals surface area contributed by atoms with Gasteiger partial charge < -0.3 is 54.7 Å². The summed E-state index contributed by atoms with van der Waals surface area (Å²) in [6.45, 7) is -0.402. The summed E-state index contributed by atoms with van der Waals surface area (Å²) in [7, 11) is 0. The van der Waals surface area contributed by atoms with Gasteiger partial charge >= 0.3 is 0 Å². The molecule has 32 heavy (non-hydrogen) atoms. The molecule has 3 aromatic rings. The van der Waals surface area contributed by atoms with E-state index in [2.05, 4.69) is 0 Å². The fourth-order valence-electron chi connectivity index (χ4n) is 3.28. The van der Waals surface area contributed by atoms with Crippen LogP contribution in [-0.4, -0.2) is 72.1 Å². The highest BCUT2D eigenvalue weighted by molar-refractivity contribution is 5.91. The SMILES string of the molecule is O=c1cc(-c2cc(O)c(O)c(O)c2)oc2c(O[C@@H]3OC[C@H](O)[C@H](O)[C@H]3O)c(O)cc(O)c12. The molecule has 8 N–H and O–H groups in total. The van der Waals surface area contributed by atoms with Gasteiger partial charge in [-0.15, -0.1) is 0 Å². The zero-order valence-electron chi connectivity index (χ0n) is 16.0. The molecule has 1 aliphatic rings. The molecule has 1 aliphatic heterocycles. The second kappa shape index (κ2) is 7.76. The van der Waals surface area contributed by atoms with Crippen LogP contribution in [0, 0.1) is 0 Å². The number of hydrogen-bond donors (Lipinski definition) is 8. The van der Waals surface area contributed by atoms with Gasteiger partial charge in [0.2, 0.25) is 12.0 Å². The average Bonchev–Trinajstić information content (AvgIpc) is 2.73. The molecule has 4 atom stereocenters. The van der Waals surface area contributed by atoms with Crippen molar-refractivity contribution in [3.8, 4) is 45.8 Å². The topological polar surface area (TPSA) is 211 Å². The van der Waals surface area contributed by atoms with Gasteiger partial charge in [0, 0.05) is 17.7 Å². The highest BCUT2D eigenvalue weighted by Gasteiger charge is 2.40. The maximum atomic E-state index is 12.7. The molecule has 1 saturated heterocycles. The van der Waals surface area contributed by atoms with E-state index in [4.69, 9.17) is 13.9 Å². The maximum absolute atomic E-state index is 12.7. The van der Waals surface area contributed by atoms with E-state index < -0.39 is 82.1 Å². The molecule has 2 aromatic carbocycles. The number of fused-ring (bicyclic) bond motifs is 1. The van der Waals surface area contributed by atoms with Crippen molar-refractivity contribution in [3.05, 3.63) is 34.5 Å². The lowest BCUT2D eigenvalue weighted by molar-refractivity contribution is -0.242. The molecule has 4 rings (SSSR count). The Morgan fingerprint density at radius 3 is 2.16 bits per heavy atom. The van der Waals surface area contributed by atoms with E-state index >= 15 is 0 Å². The lowest BCUT2D eigenvalue weighted by Crippen LogP contribution is -2.54. The highest BCUT2D eigenvalue weighted by atomic mass is 16.7. The fourth-order valence-corrected chi connectivity index (χ4v) is 3.28. The molecule has 12 nitrogen and oxygen atoms in total. The molecule has 2 heterocycles. The summed E-state index contributed by atoms with van der Waals surface area (Å²) in [4.78, 5) is 12.7. The molecule has 0 bridgehead atoms. The van der Waals surface area contributed by atoms with Crippen LogP contribution in [0.4, 0.5) is 0 Å². The smallest absolute Gasteiger partial charge is 0.229 e. The molecule has 12 heteroatoms. The third-order valence-corrected chi connectivity index (χ3v) is 4.96. The monoisotopic (exact) mass is 450 g/mol. The Balaban J connectivity index is 1.88. The fraction of sp³-hybridized carbons (Fsp3) is 0.250. The molecule has 0 unspecified atom stereocenters. The van der Waals surface area contributed by atoms with Crippen LogP contribution < -0.4 is 10.2 Å². The van der Waals surface area contributed by atoms with E-state index in [0.717, 1.165) is 24.3 Å². The van der Waals surface area contributed by atoms with Crippen molar-refractivity contribution in [2.24, 2.45) is 0 Å². The summed E-state index contributed by atoms with van der Waals surface area (Å²) < 4.78 is 16.2. The van der Waals surface area contributed by atoms with Crippen molar-refractivity contribution in [2.45, 2.75) is 24.6 Å². The van der Waals surface area contributed by atoms with Crippen LogP contribution >= 0.6 is 0 Å². The van der Waals surface area contributed by atoms with Crippen LogP contribution in [0.3, 0.4) is 0 Å². The van der Waals surface area contributed by atoms with Crippen molar-refractivity contribution >= 4 is 11.0 Å². The van der Waals surface area contributed by atoms with Gasteiger partial charge in [-0.1, -0.05) is 0 Å². The van der Waals surface area contributed by atoms with Gasteiger partial charge in [0.25, 0.3) is 0 Å². The molecular weight excluding hydrogens is 432 g/mol. The Labute approximate surface area is 178 Å². The van der Waals surface area contributed by atoms with Crippen molar-refractivity contribution in [2.75, 3.05) is 6.61 Å². The summed E-state index contributed by atoms with van der Waals surface area (Å²) in [5.74, 6) is -4.33. The van der Waals surface area contributed by atoms with Crippen LogP contribution in [0.1, 0.15) is 0 Å². The van der Waals surface area contributed by atoms with Gasteiger partial charge in [-0.05, 0) is 12.1 Å². The second-order valence-corrected chi connectivity index (χ2v) is 7.15. The van der Waals surface area contributed by atoms with E-state index in [9.17, 15) is 45.6 Å². The Morgan fingerprint density at radius 1 is 0.844 bits per heavy atom. The van der Waals surface area contributed by atoms with Gasteiger partial charge in [-0.25, -0.2) is 0 Å². The third-order valence-electron chi connectivity index (χ3n) is 4.96. The van der Waals surface area contributed by atoms with Gasteiger partial charge in [0.05, 0.1) is 6.61 Å². The van der Waals surface area contributed by atoms with Crippen molar-refractivity contribution in [3.63, 3.8) is 0 Å². The highest BCUT2D eigenvalue weighted by Crippen LogP contribution is 2.43. The maximum Gasteiger partial charge on any atom is 0.229 e. The summed E-state index contributed by atoms with van der Waals surface area (Å²) in [6.07, 6.45) is -6.31. The van der Waals surface area contributed by atoms with Crippen LogP contribution in [0.25, 0.3) is 22.3 Å². The molecule has 170 valence electrons. The minimum Gasteiger partial charge on any atom is -0.507 e. The van der Waals surface area contributed by atoms with E-state index in [1.165, 1.54) is 0 Å². The predicted molar refractivity (Wildman–Crippen MR) is 105 cm³/mol. The largest absolute Gasteiger partial charge is 0.507 e. The summed E-state index contributed by atoms with van der Waals surface area (Å²) in [5, 5.41) is 78.5. The quantitative estimate of drug-likeness (QED) is 0.244. The Morgan fingerprint density at radius 2 is 1.50 bits per heavy atom. The zero-order chi connectivity index (χ0) is 23.3. The molecule has 0 spiro atoms. The lowest BCUT2D eigenvalue weighted by Gasteiger charge is -2.35. The van der Waals surface area contributed by atoms with Gasteiger partial charge in [0.15, 0.2) is 34.0 Å². The number of ether oxygens (including phenoxy) is 2. The summed E-state index contributed by atoms with van der Waals surface area (Å²) in [5.41, 5.74) is -1.32. The van der Waals surface area contributed by atoms with Crippen LogP contribution in [0.15, 0.2) is 33.5 Å². The number of phenols is 5. The van der Waals surface area contributed by atoms with E-state index in [1.807, 2.05) is 0 Å². The number of phenolic OH excluding ortho intramolecular Hbond substituents is 5. The predicted octanol–water partition coefficient (Wildman–Crippen LogP) is -0.194. The lowest BCUT2D eigenvalue weighted by atomic mass is 10.1. The molecule has 1 aromatic heterocycles. The number of benzene rings is 2. The van der Waals surface area contributed by atoms with Gasteiger partial charge in [0.1, 0.15) is 35.2 Å². The molecular formula is C20H18O12. The van der Waals surface area contributed by atoms with Crippen molar-refractivity contribution < 1.29 is 54.7 Å². The average molecular weight is 450 g/mol. The second-order valence-electron chi connectivity index (χ2n) is 7.15. The normalized spacial score (nSPS) is 23.3. The molecule has 0 radical (unpaired) electrons. The van der Waals surface area contributed by atoms with Crippen LogP contribution in [-0.2, 0) is 4.74 Å². The first kappa shape index (κ1) is 21.5. The van der Waals surface area contributed by atoms with E-state index in [-0.39, 0.29) is 11.3 Å². The van der Waals surface area contributed by atoms with Gasteiger partial charge in [-0.2, -0.15) is 0 Å². The number of rotatable bonds is 3. The van der Waals surface area contributed by atoms with E-state index in [0.29, 0.717) is 0 Å². The Hall–Kier alpha value is -3.71. The molecule has 0 saturated carbocycles. The van der Waals surface area contributed by atoms with Gasteiger partial charge in [-0.3, -0.25) is 4.79 Å². The number of aliphatic hydroxyl groups excluding tert-OH is 3. The molecule has 0 amide bonds. The Bertz CT molecular complexity index is 1230. The standard InChI is InChI=1S/C20H18O12/c21-7-3-11(25)18(32-20-17(29)16(28)12(26)5-30-20)19-14(7)8(22)4-13(31-19)6-1-9(23)15(27)10(24)2-6/h1-4,12,16-17,20-21,23-29H,5H2/t12-,16-,17+,20-/m0/s1. The zero-order valence-corrected chi connectivity index (χ0v) is 16.0. The molecule has 0 aliphatic carbocycles.